The van der Waals surface area contributed by atoms with Gasteiger partial charge in [0.1, 0.15) is 0 Å². The van der Waals surface area contributed by atoms with Gasteiger partial charge in [-0.2, -0.15) is 11.3 Å². The molecule has 5 nitrogen and oxygen atoms in total. The topological polar surface area (TPSA) is 64.6 Å². The van der Waals surface area contributed by atoms with Gasteiger partial charge in [-0.3, -0.25) is 0 Å². The van der Waals surface area contributed by atoms with Crippen molar-refractivity contribution in [1.82, 2.24) is 15.5 Å². The lowest BCUT2D eigenvalue weighted by Gasteiger charge is -2.33. The van der Waals surface area contributed by atoms with Gasteiger partial charge in [0.05, 0.1) is 6.10 Å². The Kier molecular flexibility index (Phi) is 6.67. The number of piperidine rings is 1. The highest BCUT2D eigenvalue weighted by molar-refractivity contribution is 7.07. The molecule has 0 spiro atoms. The molecule has 0 bridgehead atoms. The molecule has 1 aliphatic heterocycles. The summed E-state index contributed by atoms with van der Waals surface area (Å²) in [7, 11) is 0. The molecule has 2 amide bonds. The van der Waals surface area contributed by atoms with Gasteiger partial charge >= 0.3 is 6.03 Å². The van der Waals surface area contributed by atoms with Crippen molar-refractivity contribution in [3.8, 4) is 0 Å². The molecule has 1 fully saturated rings. The van der Waals surface area contributed by atoms with Crippen molar-refractivity contribution in [2.45, 2.75) is 38.8 Å². The molecule has 0 radical (unpaired) electrons. The number of nitrogens with zero attached hydrogens (tertiary/aromatic N) is 1. The molecule has 1 aliphatic rings. The number of rotatable bonds is 6. The van der Waals surface area contributed by atoms with E-state index in [0.717, 1.165) is 38.0 Å². The fourth-order valence-electron chi connectivity index (χ4n) is 2.78. The number of amides is 2. The Morgan fingerprint density at radius 1 is 1.45 bits per heavy atom. The van der Waals surface area contributed by atoms with Crippen molar-refractivity contribution >= 4 is 17.4 Å². The van der Waals surface area contributed by atoms with Crippen LogP contribution in [0, 0.1) is 5.92 Å². The van der Waals surface area contributed by atoms with Crippen molar-refractivity contribution in [1.29, 1.82) is 0 Å². The molecule has 1 unspecified atom stereocenters. The zero-order valence-electron chi connectivity index (χ0n) is 13.4. The van der Waals surface area contributed by atoms with Crippen molar-refractivity contribution in [3.05, 3.63) is 22.4 Å². The van der Waals surface area contributed by atoms with Gasteiger partial charge in [-0.1, -0.05) is 13.8 Å². The first-order valence-corrected chi connectivity index (χ1v) is 8.95. The quantitative estimate of drug-likeness (QED) is 0.751. The molecule has 0 aliphatic carbocycles. The molecule has 2 rings (SSSR count). The van der Waals surface area contributed by atoms with Crippen LogP contribution in [0.15, 0.2) is 16.8 Å². The second-order valence-corrected chi connectivity index (χ2v) is 7.18. The fourth-order valence-corrected chi connectivity index (χ4v) is 3.49. The molecule has 1 aromatic rings. The van der Waals surface area contributed by atoms with E-state index in [9.17, 15) is 9.90 Å². The van der Waals surface area contributed by atoms with Crippen molar-refractivity contribution in [3.63, 3.8) is 0 Å². The first-order chi connectivity index (χ1) is 10.5. The lowest BCUT2D eigenvalue weighted by Crippen LogP contribution is -2.48. The summed E-state index contributed by atoms with van der Waals surface area (Å²) < 4.78 is 0. The Labute approximate surface area is 136 Å². The molecule has 1 atom stereocenters. The predicted octanol–water partition coefficient (Wildman–Crippen LogP) is 2.20. The van der Waals surface area contributed by atoms with Gasteiger partial charge in [-0.05, 0) is 41.1 Å². The maximum absolute atomic E-state index is 11.9. The van der Waals surface area contributed by atoms with E-state index in [2.05, 4.69) is 29.4 Å². The zero-order valence-corrected chi connectivity index (χ0v) is 14.2. The molecule has 1 saturated heterocycles. The Hall–Kier alpha value is -1.11. The largest absolute Gasteiger partial charge is 0.387 e. The van der Waals surface area contributed by atoms with Gasteiger partial charge in [0, 0.05) is 32.2 Å². The number of likely N-dealkylation sites (tertiary alicyclic amines) is 1. The van der Waals surface area contributed by atoms with Gasteiger partial charge in [-0.15, -0.1) is 0 Å². The predicted molar refractivity (Wildman–Crippen MR) is 90.1 cm³/mol. The first kappa shape index (κ1) is 17.2. The minimum atomic E-state index is -0.634. The Morgan fingerprint density at radius 2 is 2.18 bits per heavy atom. The first-order valence-electron chi connectivity index (χ1n) is 8.01. The van der Waals surface area contributed by atoms with E-state index in [-0.39, 0.29) is 18.6 Å². The molecular weight excluding hydrogens is 298 g/mol. The summed E-state index contributed by atoms with van der Waals surface area (Å²) in [6.45, 7) is 7.93. The van der Waals surface area contributed by atoms with Gasteiger partial charge in [0.25, 0.3) is 0 Å². The lowest BCUT2D eigenvalue weighted by atomic mass is 10.0. The van der Waals surface area contributed by atoms with Crippen LogP contribution >= 0.6 is 11.3 Å². The van der Waals surface area contributed by atoms with E-state index >= 15 is 0 Å². The van der Waals surface area contributed by atoms with Crippen LogP contribution in [0.25, 0.3) is 0 Å². The van der Waals surface area contributed by atoms with E-state index in [1.54, 1.807) is 11.3 Å². The number of aliphatic hydroxyl groups is 1. The molecule has 22 heavy (non-hydrogen) atoms. The van der Waals surface area contributed by atoms with Gasteiger partial charge < -0.3 is 20.6 Å². The highest BCUT2D eigenvalue weighted by atomic mass is 32.1. The summed E-state index contributed by atoms with van der Waals surface area (Å²) >= 11 is 1.54. The molecular formula is C16H27N3O2S. The number of urea groups is 1. The molecule has 0 aromatic carbocycles. The molecule has 0 saturated carbocycles. The van der Waals surface area contributed by atoms with E-state index in [1.165, 1.54) is 0 Å². The van der Waals surface area contributed by atoms with Crippen LogP contribution < -0.4 is 10.6 Å². The number of nitrogens with one attached hydrogen (secondary N) is 2. The second kappa shape index (κ2) is 8.50. The third kappa shape index (κ3) is 5.59. The standard InChI is InChI=1S/C16H27N3O2S/c1-12(2)10-19-6-3-14(4-7-19)18-16(21)17-9-15(20)13-5-8-22-11-13/h5,8,11-12,14-15,20H,3-4,6-7,9-10H2,1-2H3,(H2,17,18,21). The van der Waals surface area contributed by atoms with Crippen molar-refractivity contribution in [2.75, 3.05) is 26.2 Å². The summed E-state index contributed by atoms with van der Waals surface area (Å²) in [4.78, 5) is 14.4. The number of carbonyl (C=O) groups excluding carboxylic acids is 1. The average Bonchev–Trinajstić information content (AvgIpc) is 3.00. The number of thiophene rings is 1. The summed E-state index contributed by atoms with van der Waals surface area (Å²) in [6, 6.07) is 1.93. The van der Waals surface area contributed by atoms with E-state index in [4.69, 9.17) is 0 Å². The van der Waals surface area contributed by atoms with Crippen LogP contribution in [0.1, 0.15) is 38.4 Å². The van der Waals surface area contributed by atoms with Crippen LogP contribution in [0.3, 0.4) is 0 Å². The van der Waals surface area contributed by atoms with E-state index in [1.807, 2.05) is 16.8 Å². The van der Waals surface area contributed by atoms with Crippen LogP contribution in [-0.2, 0) is 0 Å². The maximum atomic E-state index is 11.9. The third-order valence-electron chi connectivity index (χ3n) is 3.93. The normalized spacial score (nSPS) is 18.4. The zero-order chi connectivity index (χ0) is 15.9. The summed E-state index contributed by atoms with van der Waals surface area (Å²) in [5.41, 5.74) is 0.854. The Balaban J connectivity index is 1.64. The Bertz CT molecular complexity index is 442. The van der Waals surface area contributed by atoms with Gasteiger partial charge in [0.2, 0.25) is 0 Å². The third-order valence-corrected chi connectivity index (χ3v) is 4.63. The minimum Gasteiger partial charge on any atom is -0.387 e. The van der Waals surface area contributed by atoms with Crippen molar-refractivity contribution in [2.24, 2.45) is 5.92 Å². The number of carbonyl (C=O) groups is 1. The fraction of sp³-hybridized carbons (Fsp3) is 0.688. The SMILES string of the molecule is CC(C)CN1CCC(NC(=O)NCC(O)c2ccsc2)CC1. The molecule has 1 aromatic heterocycles. The highest BCUT2D eigenvalue weighted by Crippen LogP contribution is 2.15. The smallest absolute Gasteiger partial charge is 0.315 e. The second-order valence-electron chi connectivity index (χ2n) is 6.40. The van der Waals surface area contributed by atoms with Crippen LogP contribution in [0.5, 0.6) is 0 Å². The monoisotopic (exact) mass is 325 g/mol. The van der Waals surface area contributed by atoms with Crippen LogP contribution in [0.2, 0.25) is 0 Å². The minimum absolute atomic E-state index is 0.184. The molecule has 2 heterocycles. The van der Waals surface area contributed by atoms with Crippen LogP contribution in [-0.4, -0.2) is 48.3 Å². The number of aliphatic hydroxyl groups excluding tert-OH is 1. The van der Waals surface area contributed by atoms with Gasteiger partial charge in [0.15, 0.2) is 0 Å². The highest BCUT2D eigenvalue weighted by Gasteiger charge is 2.21. The van der Waals surface area contributed by atoms with E-state index in [0.29, 0.717) is 5.92 Å². The molecule has 124 valence electrons. The average molecular weight is 325 g/mol. The lowest BCUT2D eigenvalue weighted by molar-refractivity contribution is 0.165. The Morgan fingerprint density at radius 3 is 2.77 bits per heavy atom. The maximum Gasteiger partial charge on any atom is 0.315 e. The number of hydrogen-bond acceptors (Lipinski definition) is 4. The van der Waals surface area contributed by atoms with E-state index < -0.39 is 6.10 Å². The summed E-state index contributed by atoms with van der Waals surface area (Å²) in [5, 5.41) is 19.5. The van der Waals surface area contributed by atoms with Crippen molar-refractivity contribution < 1.29 is 9.90 Å². The summed E-state index contributed by atoms with van der Waals surface area (Å²) in [5.74, 6) is 0.686. The van der Waals surface area contributed by atoms with Gasteiger partial charge in [-0.25, -0.2) is 4.79 Å². The molecule has 6 heteroatoms. The summed E-state index contributed by atoms with van der Waals surface area (Å²) in [6.07, 6.45) is 1.35. The number of hydrogen-bond donors (Lipinski definition) is 3. The van der Waals surface area contributed by atoms with Crippen LogP contribution in [0.4, 0.5) is 4.79 Å². The molecule has 3 N–H and O–H groups in total.